The second kappa shape index (κ2) is 7.97. The molecule has 4 heterocycles. The van der Waals surface area contributed by atoms with Gasteiger partial charge in [0.15, 0.2) is 0 Å². The van der Waals surface area contributed by atoms with Gasteiger partial charge in [0.25, 0.3) is 5.56 Å². The Bertz CT molecular complexity index is 1110. The number of nitrogens with zero attached hydrogens (tertiary/aromatic N) is 3. The molecule has 1 aromatic carbocycles. The van der Waals surface area contributed by atoms with E-state index in [1.165, 1.54) is 0 Å². The molecule has 1 amide bonds. The van der Waals surface area contributed by atoms with Gasteiger partial charge in [-0.3, -0.25) is 9.59 Å². The number of quaternary nitrogens is 1. The van der Waals surface area contributed by atoms with E-state index < -0.39 is 0 Å². The normalized spacial score (nSPS) is 25.5. The van der Waals surface area contributed by atoms with Gasteiger partial charge < -0.3 is 14.4 Å². The number of carbonyl (C=O) groups excluding carboxylic acids is 1. The van der Waals surface area contributed by atoms with Crippen LogP contribution in [0.1, 0.15) is 43.4 Å². The number of piperidine rings is 2. The second-order valence-corrected chi connectivity index (χ2v) is 9.42. The first-order valence-electron chi connectivity index (χ1n) is 11.4. The van der Waals surface area contributed by atoms with Gasteiger partial charge in [0.1, 0.15) is 0 Å². The molecule has 3 aliphatic heterocycles. The molecule has 0 radical (unpaired) electrons. The molecule has 1 unspecified atom stereocenters. The third-order valence-corrected chi connectivity index (χ3v) is 7.55. The van der Waals surface area contributed by atoms with Crippen molar-refractivity contribution in [2.24, 2.45) is 5.92 Å². The van der Waals surface area contributed by atoms with Gasteiger partial charge in [-0.1, -0.05) is 12.1 Å². The number of nitrogens with one attached hydrogen (secondary N) is 1. The van der Waals surface area contributed by atoms with Crippen LogP contribution in [0.25, 0.3) is 11.1 Å². The number of benzene rings is 1. The number of hydrogen-bond acceptors (Lipinski definition) is 3. The number of likely N-dealkylation sites (tertiary alicyclic amines) is 2. The predicted octanol–water partition coefficient (Wildman–Crippen LogP) is 1.40. The fraction of sp³-hybridized carbons (Fsp3) is 0.480. The first kappa shape index (κ1) is 20.0. The number of rotatable bonds is 2. The van der Waals surface area contributed by atoms with Crippen molar-refractivity contribution in [3.63, 3.8) is 0 Å². The number of nitriles is 1. The van der Waals surface area contributed by atoms with Crippen LogP contribution in [0.2, 0.25) is 0 Å². The van der Waals surface area contributed by atoms with Gasteiger partial charge in [0.2, 0.25) is 5.91 Å². The first-order valence-corrected chi connectivity index (χ1v) is 11.4. The molecule has 2 aromatic rings. The van der Waals surface area contributed by atoms with E-state index in [9.17, 15) is 14.9 Å². The summed E-state index contributed by atoms with van der Waals surface area (Å²) in [6.45, 7) is 6.32. The van der Waals surface area contributed by atoms with E-state index in [0.29, 0.717) is 23.4 Å². The van der Waals surface area contributed by atoms with Crippen LogP contribution in [0.4, 0.5) is 0 Å². The van der Waals surface area contributed by atoms with Crippen LogP contribution >= 0.6 is 0 Å². The molecule has 6 nitrogen and oxygen atoms in total. The lowest BCUT2D eigenvalue weighted by Gasteiger charge is -2.45. The van der Waals surface area contributed by atoms with Crippen LogP contribution in [-0.4, -0.2) is 47.6 Å². The van der Waals surface area contributed by atoms with Crippen molar-refractivity contribution in [1.82, 2.24) is 9.47 Å². The highest BCUT2D eigenvalue weighted by atomic mass is 16.2. The van der Waals surface area contributed by atoms with Crippen molar-refractivity contribution >= 4 is 5.91 Å². The summed E-state index contributed by atoms with van der Waals surface area (Å²) in [4.78, 5) is 28.1. The predicted molar refractivity (Wildman–Crippen MR) is 118 cm³/mol. The van der Waals surface area contributed by atoms with Gasteiger partial charge in [0.05, 0.1) is 30.8 Å². The van der Waals surface area contributed by atoms with E-state index >= 15 is 0 Å². The molecule has 3 atom stereocenters. The van der Waals surface area contributed by atoms with Crippen molar-refractivity contribution in [2.45, 2.75) is 44.7 Å². The van der Waals surface area contributed by atoms with Gasteiger partial charge in [-0.05, 0) is 30.2 Å². The smallest absolute Gasteiger partial charge is 0.250 e. The van der Waals surface area contributed by atoms with Crippen molar-refractivity contribution < 1.29 is 9.69 Å². The molecule has 5 rings (SSSR count). The Morgan fingerprint density at radius 3 is 2.71 bits per heavy atom. The van der Waals surface area contributed by atoms with Crippen LogP contribution in [0.3, 0.4) is 0 Å². The molecular weight excluding hydrogens is 388 g/mol. The average molecular weight is 418 g/mol. The van der Waals surface area contributed by atoms with Gasteiger partial charge in [0, 0.05) is 68.6 Å². The molecule has 0 spiro atoms. The van der Waals surface area contributed by atoms with Crippen molar-refractivity contribution in [2.75, 3.05) is 26.2 Å². The Hall–Kier alpha value is -2.91. The number of aromatic nitrogens is 1. The Labute approximate surface area is 182 Å². The average Bonchev–Trinajstić information content (AvgIpc) is 2.79. The van der Waals surface area contributed by atoms with E-state index in [1.807, 2.05) is 39.8 Å². The molecule has 160 valence electrons. The Balaban J connectivity index is 1.46. The summed E-state index contributed by atoms with van der Waals surface area (Å²) in [6, 6.07) is 14.2. The van der Waals surface area contributed by atoms with Crippen LogP contribution < -0.4 is 10.5 Å². The maximum atomic E-state index is 12.8. The third-order valence-electron chi connectivity index (χ3n) is 7.55. The van der Waals surface area contributed by atoms with Crippen LogP contribution in [0.15, 0.2) is 41.2 Å². The maximum absolute atomic E-state index is 12.8. The maximum Gasteiger partial charge on any atom is 0.250 e. The monoisotopic (exact) mass is 417 g/mol. The quantitative estimate of drug-likeness (QED) is 0.803. The van der Waals surface area contributed by atoms with Gasteiger partial charge in [-0.15, -0.1) is 0 Å². The Morgan fingerprint density at radius 2 is 1.97 bits per heavy atom. The number of pyridine rings is 1. The molecule has 2 bridgehead atoms. The largest absolute Gasteiger partial charge is 0.342 e. The lowest BCUT2D eigenvalue weighted by Crippen LogP contribution is -3.18. The first-order chi connectivity index (χ1) is 15.0. The summed E-state index contributed by atoms with van der Waals surface area (Å²) in [5, 5.41) is 9.33. The molecule has 0 aliphatic carbocycles. The standard InChI is InChI=1S/C25H28N4O2/c1-17(30)27-9-7-22(8-10-27)28-14-19-12-21(16-28)25-23(5-6-24(31)29(25)15-19)20-4-2-3-18(11-20)13-26/h2-6,11,19,21-22H,7-10,12,14-16H2,1H3/p+1/t19-,21+/m0/s1. The van der Waals surface area contributed by atoms with E-state index in [1.54, 1.807) is 17.9 Å². The highest BCUT2D eigenvalue weighted by Crippen LogP contribution is 2.37. The number of carbonyl (C=O) groups is 1. The lowest BCUT2D eigenvalue weighted by atomic mass is 9.79. The summed E-state index contributed by atoms with van der Waals surface area (Å²) in [5.41, 5.74) is 3.99. The molecule has 2 saturated heterocycles. The summed E-state index contributed by atoms with van der Waals surface area (Å²) in [5.74, 6) is 1.05. The molecule has 1 aromatic heterocycles. The fourth-order valence-electron chi connectivity index (χ4n) is 6.10. The number of fused-ring (bicyclic) bond motifs is 4. The fourth-order valence-corrected chi connectivity index (χ4v) is 6.10. The van der Waals surface area contributed by atoms with Crippen molar-refractivity contribution in [1.29, 1.82) is 5.26 Å². The van der Waals surface area contributed by atoms with E-state index in [-0.39, 0.29) is 11.5 Å². The number of amides is 1. The lowest BCUT2D eigenvalue weighted by molar-refractivity contribution is -0.937. The van der Waals surface area contributed by atoms with E-state index in [0.717, 1.165) is 68.8 Å². The van der Waals surface area contributed by atoms with Gasteiger partial charge in [-0.2, -0.15) is 5.26 Å². The van der Waals surface area contributed by atoms with Crippen molar-refractivity contribution in [3.05, 3.63) is 58.0 Å². The number of hydrogen-bond donors (Lipinski definition) is 1. The van der Waals surface area contributed by atoms with E-state index in [4.69, 9.17) is 0 Å². The summed E-state index contributed by atoms with van der Waals surface area (Å²) < 4.78 is 2.00. The van der Waals surface area contributed by atoms with Gasteiger partial charge >= 0.3 is 0 Å². The van der Waals surface area contributed by atoms with Crippen LogP contribution in [-0.2, 0) is 11.3 Å². The molecular formula is C25H29N4O2+. The molecule has 31 heavy (non-hydrogen) atoms. The van der Waals surface area contributed by atoms with Crippen molar-refractivity contribution in [3.8, 4) is 17.2 Å². The summed E-state index contributed by atoms with van der Waals surface area (Å²) in [7, 11) is 0. The van der Waals surface area contributed by atoms with Gasteiger partial charge in [-0.25, -0.2) is 0 Å². The zero-order chi connectivity index (χ0) is 21.5. The second-order valence-electron chi connectivity index (χ2n) is 9.42. The Kier molecular flexibility index (Phi) is 5.15. The minimum atomic E-state index is 0.0862. The topological polar surface area (TPSA) is 70.5 Å². The summed E-state index contributed by atoms with van der Waals surface area (Å²) in [6.07, 6.45) is 3.25. The highest BCUT2D eigenvalue weighted by Gasteiger charge is 2.41. The van der Waals surface area contributed by atoms with E-state index in [2.05, 4.69) is 6.07 Å². The van der Waals surface area contributed by atoms with Crippen LogP contribution in [0.5, 0.6) is 0 Å². The Morgan fingerprint density at radius 1 is 1.16 bits per heavy atom. The van der Waals surface area contributed by atoms with Crippen LogP contribution in [0, 0.1) is 17.2 Å². The molecule has 6 heteroatoms. The molecule has 2 fully saturated rings. The highest BCUT2D eigenvalue weighted by molar-refractivity contribution is 5.73. The zero-order valence-corrected chi connectivity index (χ0v) is 18.0. The minimum absolute atomic E-state index is 0.0862. The molecule has 0 saturated carbocycles. The zero-order valence-electron chi connectivity index (χ0n) is 18.0. The third kappa shape index (κ3) is 3.68. The summed E-state index contributed by atoms with van der Waals surface area (Å²) >= 11 is 0. The molecule has 3 aliphatic rings. The molecule has 1 N–H and O–H groups in total. The minimum Gasteiger partial charge on any atom is -0.342 e. The SMILES string of the molecule is CC(=O)N1CCC([NH+]2C[C@@H]3C[C@H](C2)c2c(-c4cccc(C#N)c4)ccc(=O)n2C3)CC1.